The summed E-state index contributed by atoms with van der Waals surface area (Å²) >= 11 is 6.01. The Morgan fingerprint density at radius 2 is 2.06 bits per heavy atom. The first-order valence-corrected chi connectivity index (χ1v) is 6.25. The van der Waals surface area contributed by atoms with E-state index in [0.29, 0.717) is 16.8 Å². The van der Waals surface area contributed by atoms with Crippen molar-refractivity contribution in [2.24, 2.45) is 0 Å². The fourth-order valence-corrected chi connectivity index (χ4v) is 1.64. The Bertz CT molecular complexity index is 341. The van der Waals surface area contributed by atoms with E-state index in [-0.39, 0.29) is 0 Å². The van der Waals surface area contributed by atoms with Gasteiger partial charge in [0.1, 0.15) is 5.02 Å². The van der Waals surface area contributed by atoms with Crippen LogP contribution in [0.15, 0.2) is 6.20 Å². The molecule has 1 aromatic heterocycles. The van der Waals surface area contributed by atoms with Crippen LogP contribution in [0.25, 0.3) is 0 Å². The van der Waals surface area contributed by atoms with Crippen molar-refractivity contribution in [3.8, 4) is 0 Å². The normalized spacial score (nSPS) is 10.6. The van der Waals surface area contributed by atoms with E-state index in [9.17, 15) is 0 Å². The van der Waals surface area contributed by atoms with Gasteiger partial charge in [0.25, 0.3) is 0 Å². The molecule has 17 heavy (non-hydrogen) atoms. The SMILES string of the molecule is CCN(CC)CCNc1nc(NC)ncc1Cl. The Morgan fingerprint density at radius 1 is 1.35 bits per heavy atom. The highest BCUT2D eigenvalue weighted by Crippen LogP contribution is 2.18. The van der Waals surface area contributed by atoms with Crippen LogP contribution in [0.1, 0.15) is 13.8 Å². The van der Waals surface area contributed by atoms with E-state index in [1.54, 1.807) is 13.2 Å². The highest BCUT2D eigenvalue weighted by atomic mass is 35.5. The molecule has 0 bridgehead atoms. The molecule has 0 unspecified atom stereocenters. The van der Waals surface area contributed by atoms with Gasteiger partial charge in [-0.05, 0) is 13.1 Å². The molecule has 0 aliphatic heterocycles. The predicted octanol–water partition coefficient (Wildman–Crippen LogP) is 1.93. The fourth-order valence-electron chi connectivity index (χ4n) is 1.48. The Hall–Kier alpha value is -1.07. The quantitative estimate of drug-likeness (QED) is 0.782. The Morgan fingerprint density at radius 3 is 2.65 bits per heavy atom. The van der Waals surface area contributed by atoms with E-state index in [4.69, 9.17) is 11.6 Å². The highest BCUT2D eigenvalue weighted by Gasteiger charge is 2.04. The average Bonchev–Trinajstić information content (AvgIpc) is 2.36. The molecule has 0 spiro atoms. The second-order valence-corrected chi connectivity index (χ2v) is 4.00. The van der Waals surface area contributed by atoms with Gasteiger partial charge in [-0.15, -0.1) is 0 Å². The van der Waals surface area contributed by atoms with Crippen molar-refractivity contribution in [1.29, 1.82) is 0 Å². The van der Waals surface area contributed by atoms with Gasteiger partial charge in [-0.3, -0.25) is 0 Å². The van der Waals surface area contributed by atoms with Gasteiger partial charge >= 0.3 is 0 Å². The van der Waals surface area contributed by atoms with Gasteiger partial charge in [0.15, 0.2) is 5.82 Å². The van der Waals surface area contributed by atoms with E-state index in [0.717, 1.165) is 26.2 Å². The van der Waals surface area contributed by atoms with Crippen molar-refractivity contribution in [1.82, 2.24) is 14.9 Å². The van der Waals surface area contributed by atoms with Crippen LogP contribution in [0.5, 0.6) is 0 Å². The van der Waals surface area contributed by atoms with Crippen LogP contribution in [-0.2, 0) is 0 Å². The summed E-state index contributed by atoms with van der Waals surface area (Å²) in [5.74, 6) is 1.25. The van der Waals surface area contributed by atoms with Crippen molar-refractivity contribution in [2.45, 2.75) is 13.8 Å². The Kier molecular flexibility index (Phi) is 6.00. The van der Waals surface area contributed by atoms with E-state index in [1.165, 1.54) is 0 Å². The second kappa shape index (κ2) is 7.29. The molecule has 1 aromatic rings. The maximum Gasteiger partial charge on any atom is 0.224 e. The molecule has 0 fully saturated rings. The maximum atomic E-state index is 6.01. The number of halogens is 1. The molecule has 6 heteroatoms. The minimum Gasteiger partial charge on any atom is -0.367 e. The standard InChI is InChI=1S/C11H20ClN5/c1-4-17(5-2)7-6-14-10-9(12)8-15-11(13-3)16-10/h8H,4-7H2,1-3H3,(H2,13,14,15,16). The maximum absolute atomic E-state index is 6.01. The molecule has 0 atom stereocenters. The van der Waals surface area contributed by atoms with Gasteiger partial charge in [0.2, 0.25) is 5.95 Å². The third-order valence-corrected chi connectivity index (χ3v) is 2.86. The van der Waals surface area contributed by atoms with Crippen LogP contribution >= 0.6 is 11.6 Å². The van der Waals surface area contributed by atoms with Crippen LogP contribution in [0.2, 0.25) is 5.02 Å². The van der Waals surface area contributed by atoms with E-state index in [1.807, 2.05) is 0 Å². The first-order valence-electron chi connectivity index (χ1n) is 5.87. The number of hydrogen-bond donors (Lipinski definition) is 2. The van der Waals surface area contributed by atoms with Crippen molar-refractivity contribution >= 4 is 23.4 Å². The van der Waals surface area contributed by atoms with E-state index >= 15 is 0 Å². The van der Waals surface area contributed by atoms with Crippen molar-refractivity contribution in [3.05, 3.63) is 11.2 Å². The zero-order valence-corrected chi connectivity index (χ0v) is 11.4. The summed E-state index contributed by atoms with van der Waals surface area (Å²) in [6.45, 7) is 8.21. The summed E-state index contributed by atoms with van der Waals surface area (Å²) in [5, 5.41) is 6.65. The molecule has 0 amide bonds. The molecular weight excluding hydrogens is 238 g/mol. The molecular formula is C11H20ClN5. The third-order valence-electron chi connectivity index (χ3n) is 2.58. The minimum absolute atomic E-state index is 0.545. The van der Waals surface area contributed by atoms with Gasteiger partial charge in [0.05, 0.1) is 6.20 Å². The van der Waals surface area contributed by atoms with Gasteiger partial charge in [0, 0.05) is 20.1 Å². The Balaban J connectivity index is 2.50. The number of rotatable bonds is 7. The molecule has 5 nitrogen and oxygen atoms in total. The summed E-state index contributed by atoms with van der Waals surface area (Å²) in [6, 6.07) is 0. The summed E-state index contributed by atoms with van der Waals surface area (Å²) < 4.78 is 0. The predicted molar refractivity (Wildman–Crippen MR) is 72.9 cm³/mol. The van der Waals surface area contributed by atoms with Crippen LogP contribution in [-0.4, -0.2) is 48.1 Å². The number of nitrogens with zero attached hydrogens (tertiary/aromatic N) is 3. The van der Waals surface area contributed by atoms with Gasteiger partial charge in [-0.2, -0.15) is 4.98 Å². The molecule has 0 radical (unpaired) electrons. The van der Waals surface area contributed by atoms with Crippen LogP contribution < -0.4 is 10.6 Å². The smallest absolute Gasteiger partial charge is 0.224 e. The molecule has 0 saturated carbocycles. The molecule has 1 heterocycles. The first kappa shape index (κ1) is 14.0. The summed E-state index contributed by atoms with van der Waals surface area (Å²) in [5.41, 5.74) is 0. The third kappa shape index (κ3) is 4.36. The summed E-state index contributed by atoms with van der Waals surface area (Å²) in [4.78, 5) is 10.6. The van der Waals surface area contributed by atoms with Crippen LogP contribution in [0.3, 0.4) is 0 Å². The molecule has 2 N–H and O–H groups in total. The lowest BCUT2D eigenvalue weighted by Gasteiger charge is -2.18. The zero-order chi connectivity index (χ0) is 12.7. The van der Waals surface area contributed by atoms with Crippen molar-refractivity contribution < 1.29 is 0 Å². The monoisotopic (exact) mass is 257 g/mol. The largest absolute Gasteiger partial charge is 0.367 e. The number of hydrogen-bond acceptors (Lipinski definition) is 5. The van der Waals surface area contributed by atoms with Crippen LogP contribution in [0, 0.1) is 0 Å². The average molecular weight is 258 g/mol. The van der Waals surface area contributed by atoms with Gasteiger partial charge in [-0.1, -0.05) is 25.4 Å². The summed E-state index contributed by atoms with van der Waals surface area (Å²) in [6.07, 6.45) is 1.60. The molecule has 0 saturated heterocycles. The lowest BCUT2D eigenvalue weighted by Crippen LogP contribution is -2.28. The van der Waals surface area contributed by atoms with E-state index < -0.39 is 0 Å². The molecule has 0 aliphatic carbocycles. The van der Waals surface area contributed by atoms with E-state index in [2.05, 4.69) is 39.3 Å². The second-order valence-electron chi connectivity index (χ2n) is 3.59. The zero-order valence-electron chi connectivity index (χ0n) is 10.6. The first-order chi connectivity index (χ1) is 8.21. The lowest BCUT2D eigenvalue weighted by molar-refractivity contribution is 0.316. The van der Waals surface area contributed by atoms with Crippen molar-refractivity contribution in [2.75, 3.05) is 43.9 Å². The van der Waals surface area contributed by atoms with Crippen molar-refractivity contribution in [3.63, 3.8) is 0 Å². The highest BCUT2D eigenvalue weighted by molar-refractivity contribution is 6.32. The topological polar surface area (TPSA) is 53.1 Å². The minimum atomic E-state index is 0.545. The number of anilines is 2. The van der Waals surface area contributed by atoms with Gasteiger partial charge in [-0.25, -0.2) is 4.98 Å². The fraction of sp³-hybridized carbons (Fsp3) is 0.636. The number of nitrogens with one attached hydrogen (secondary N) is 2. The molecule has 96 valence electrons. The molecule has 0 aromatic carbocycles. The van der Waals surface area contributed by atoms with Gasteiger partial charge < -0.3 is 15.5 Å². The summed E-state index contributed by atoms with van der Waals surface area (Å²) in [7, 11) is 1.78. The lowest BCUT2D eigenvalue weighted by atomic mass is 10.4. The number of likely N-dealkylation sites (N-methyl/N-ethyl adjacent to an activating group) is 1. The molecule has 1 rings (SSSR count). The Labute approximate surface area is 108 Å². The molecule has 0 aliphatic rings. The van der Waals surface area contributed by atoms with Crippen LogP contribution in [0.4, 0.5) is 11.8 Å². The number of aromatic nitrogens is 2.